The molecule has 0 aliphatic rings. The Labute approximate surface area is 129 Å². The topological polar surface area (TPSA) is 90.8 Å². The molecule has 22 heavy (non-hydrogen) atoms. The third-order valence-electron chi connectivity index (χ3n) is 3.21. The van der Waals surface area contributed by atoms with Gasteiger partial charge in [0.05, 0.1) is 5.97 Å². The lowest BCUT2D eigenvalue weighted by Crippen LogP contribution is -2.26. The Kier molecular flexibility index (Phi) is 3.72. The molecule has 1 N–H and O–H groups in total. The molecule has 2 aromatic heterocycles. The minimum absolute atomic E-state index is 0.248. The smallest absolute Gasteiger partial charge is 0.278 e. The summed E-state index contributed by atoms with van der Waals surface area (Å²) in [4.78, 5) is 30.8. The lowest BCUT2D eigenvalue weighted by Gasteiger charge is -2.10. The van der Waals surface area contributed by atoms with Crippen LogP contribution in [0.2, 0.25) is 0 Å². The lowest BCUT2D eigenvalue weighted by atomic mass is 10.2. The SMILES string of the molecule is C=CCn1c(SCC(=O)[O-])nc2c([nH]c3ccccc32)c1=O. The van der Waals surface area contributed by atoms with E-state index in [1.165, 1.54) is 4.57 Å². The number of aliphatic carboxylic acids is 1. The van der Waals surface area contributed by atoms with E-state index < -0.39 is 5.97 Å². The molecule has 0 spiro atoms. The summed E-state index contributed by atoms with van der Waals surface area (Å²) in [6.45, 7) is 3.88. The number of hydrogen-bond acceptors (Lipinski definition) is 5. The molecule has 2 heterocycles. The molecule has 3 aromatic rings. The minimum atomic E-state index is -1.21. The largest absolute Gasteiger partial charge is 0.549 e. The van der Waals surface area contributed by atoms with Crippen molar-refractivity contribution in [3.8, 4) is 0 Å². The molecule has 7 heteroatoms. The van der Waals surface area contributed by atoms with Crippen LogP contribution in [-0.4, -0.2) is 26.3 Å². The number of nitrogens with one attached hydrogen (secondary N) is 1. The molecule has 0 unspecified atom stereocenters. The number of H-pyrrole nitrogens is 1. The maximum atomic E-state index is 12.6. The van der Waals surface area contributed by atoms with Gasteiger partial charge in [0, 0.05) is 23.2 Å². The van der Waals surface area contributed by atoms with E-state index in [1.807, 2.05) is 24.3 Å². The zero-order chi connectivity index (χ0) is 15.7. The van der Waals surface area contributed by atoms with Gasteiger partial charge in [-0.25, -0.2) is 4.98 Å². The van der Waals surface area contributed by atoms with Crippen LogP contribution >= 0.6 is 11.8 Å². The molecule has 0 radical (unpaired) electrons. The maximum absolute atomic E-state index is 12.6. The molecule has 0 bridgehead atoms. The second-order valence-corrected chi connectivity index (χ2v) is 5.60. The van der Waals surface area contributed by atoms with Crippen LogP contribution in [0.15, 0.2) is 46.9 Å². The van der Waals surface area contributed by atoms with Crippen LogP contribution in [-0.2, 0) is 11.3 Å². The summed E-state index contributed by atoms with van der Waals surface area (Å²) in [5.74, 6) is -1.47. The predicted octanol–water partition coefficient (Wildman–Crippen LogP) is 0.906. The van der Waals surface area contributed by atoms with Crippen LogP contribution in [0.4, 0.5) is 0 Å². The van der Waals surface area contributed by atoms with Crippen molar-refractivity contribution in [3.63, 3.8) is 0 Å². The number of aromatic amines is 1. The number of rotatable bonds is 5. The normalized spacial score (nSPS) is 11.1. The summed E-state index contributed by atoms with van der Waals surface area (Å²) in [5.41, 5.74) is 1.51. The summed E-state index contributed by atoms with van der Waals surface area (Å²) < 4.78 is 1.40. The Balaban J connectivity index is 2.29. The summed E-state index contributed by atoms with van der Waals surface area (Å²) in [7, 11) is 0. The van der Waals surface area contributed by atoms with Gasteiger partial charge in [0.25, 0.3) is 5.56 Å². The average Bonchev–Trinajstić information content (AvgIpc) is 2.87. The number of hydrogen-bond donors (Lipinski definition) is 1. The van der Waals surface area contributed by atoms with Gasteiger partial charge < -0.3 is 14.9 Å². The zero-order valence-corrected chi connectivity index (χ0v) is 12.4. The van der Waals surface area contributed by atoms with E-state index >= 15 is 0 Å². The highest BCUT2D eigenvalue weighted by atomic mass is 32.2. The van der Waals surface area contributed by atoms with Gasteiger partial charge >= 0.3 is 0 Å². The number of fused-ring (bicyclic) bond motifs is 3. The van der Waals surface area contributed by atoms with Crippen molar-refractivity contribution in [1.82, 2.24) is 14.5 Å². The van der Waals surface area contributed by atoms with E-state index in [1.54, 1.807) is 6.08 Å². The minimum Gasteiger partial charge on any atom is -0.549 e. The molecule has 0 aliphatic carbocycles. The molecule has 0 saturated carbocycles. The average molecular weight is 314 g/mol. The van der Waals surface area contributed by atoms with Crippen molar-refractivity contribution in [3.05, 3.63) is 47.3 Å². The van der Waals surface area contributed by atoms with Crippen LogP contribution in [0.25, 0.3) is 21.9 Å². The van der Waals surface area contributed by atoms with Gasteiger partial charge in [-0.2, -0.15) is 0 Å². The van der Waals surface area contributed by atoms with Crippen LogP contribution in [0.3, 0.4) is 0 Å². The molecule has 3 rings (SSSR count). The number of para-hydroxylation sites is 1. The first kappa shape index (κ1) is 14.4. The summed E-state index contributed by atoms with van der Waals surface area (Å²) in [6.07, 6.45) is 1.57. The standard InChI is InChI=1S/C15H13N3O3S/c1-2-7-18-14(21)13-12(17-15(18)22-8-11(19)20)9-5-3-4-6-10(9)16-13/h2-6,16H,1,7-8H2,(H,19,20)/p-1. The number of aromatic nitrogens is 3. The molecule has 6 nitrogen and oxygen atoms in total. The molecule has 0 saturated heterocycles. The van der Waals surface area contributed by atoms with Gasteiger partial charge in [-0.15, -0.1) is 6.58 Å². The Morgan fingerprint density at radius 2 is 2.23 bits per heavy atom. The number of carboxylic acids is 1. The molecule has 1 aromatic carbocycles. The van der Waals surface area contributed by atoms with Crippen LogP contribution in [0.1, 0.15) is 0 Å². The molecular weight excluding hydrogens is 302 g/mol. The second-order valence-electron chi connectivity index (χ2n) is 4.65. The fourth-order valence-electron chi connectivity index (χ4n) is 2.30. The molecule has 0 atom stereocenters. The van der Waals surface area contributed by atoms with E-state index in [0.29, 0.717) is 16.2 Å². The Hall–Kier alpha value is -2.54. The molecule has 0 fully saturated rings. The molecular formula is C15H12N3O3S-. The monoisotopic (exact) mass is 314 g/mol. The highest BCUT2D eigenvalue weighted by Crippen LogP contribution is 2.24. The highest BCUT2D eigenvalue weighted by Gasteiger charge is 2.15. The first-order valence-corrected chi connectivity index (χ1v) is 7.55. The van der Waals surface area contributed by atoms with Gasteiger partial charge in [-0.1, -0.05) is 36.0 Å². The van der Waals surface area contributed by atoms with Crippen molar-refractivity contribution >= 4 is 39.7 Å². The van der Waals surface area contributed by atoms with E-state index in [9.17, 15) is 14.7 Å². The number of carbonyl (C=O) groups is 1. The van der Waals surface area contributed by atoms with Crippen molar-refractivity contribution in [2.75, 3.05) is 5.75 Å². The highest BCUT2D eigenvalue weighted by molar-refractivity contribution is 7.99. The van der Waals surface area contributed by atoms with Gasteiger partial charge in [0.1, 0.15) is 11.0 Å². The molecule has 0 amide bonds. The van der Waals surface area contributed by atoms with Gasteiger partial charge in [-0.3, -0.25) is 9.36 Å². The van der Waals surface area contributed by atoms with Gasteiger partial charge in [0.2, 0.25) is 0 Å². The Morgan fingerprint density at radius 1 is 1.45 bits per heavy atom. The summed E-state index contributed by atoms with van der Waals surface area (Å²) in [5, 5.41) is 11.8. The van der Waals surface area contributed by atoms with E-state index in [-0.39, 0.29) is 17.9 Å². The number of nitrogens with zero attached hydrogens (tertiary/aromatic N) is 2. The number of carboxylic acid groups (broad SMARTS) is 1. The number of thioether (sulfide) groups is 1. The lowest BCUT2D eigenvalue weighted by molar-refractivity contribution is -0.301. The summed E-state index contributed by atoms with van der Waals surface area (Å²) >= 11 is 0.964. The Bertz CT molecular complexity index is 942. The zero-order valence-electron chi connectivity index (χ0n) is 11.5. The molecule has 112 valence electrons. The first-order chi connectivity index (χ1) is 10.6. The van der Waals surface area contributed by atoms with Crippen molar-refractivity contribution in [2.24, 2.45) is 0 Å². The van der Waals surface area contributed by atoms with Crippen LogP contribution < -0.4 is 10.7 Å². The third-order valence-corrected chi connectivity index (χ3v) is 4.16. The summed E-state index contributed by atoms with van der Waals surface area (Å²) in [6, 6.07) is 7.46. The quantitative estimate of drug-likeness (QED) is 0.429. The van der Waals surface area contributed by atoms with E-state index in [2.05, 4.69) is 16.5 Å². The van der Waals surface area contributed by atoms with Gasteiger partial charge in [0.15, 0.2) is 5.16 Å². The fraction of sp³-hybridized carbons (Fsp3) is 0.133. The van der Waals surface area contributed by atoms with Crippen LogP contribution in [0, 0.1) is 0 Å². The third kappa shape index (κ3) is 2.39. The van der Waals surface area contributed by atoms with Crippen LogP contribution in [0.5, 0.6) is 0 Å². The van der Waals surface area contributed by atoms with Gasteiger partial charge in [-0.05, 0) is 6.07 Å². The van der Waals surface area contributed by atoms with Crippen molar-refractivity contribution < 1.29 is 9.90 Å². The Morgan fingerprint density at radius 3 is 2.95 bits per heavy atom. The van der Waals surface area contributed by atoms with Crippen molar-refractivity contribution in [1.29, 1.82) is 0 Å². The maximum Gasteiger partial charge on any atom is 0.278 e. The van der Waals surface area contributed by atoms with E-state index in [0.717, 1.165) is 22.7 Å². The molecule has 0 aliphatic heterocycles. The number of benzene rings is 1. The van der Waals surface area contributed by atoms with Crippen molar-refractivity contribution in [2.45, 2.75) is 11.7 Å². The fourth-order valence-corrected chi connectivity index (χ4v) is 3.02. The number of allylic oxidation sites excluding steroid dienone is 1. The number of carbonyl (C=O) groups excluding carboxylic acids is 1. The predicted molar refractivity (Wildman–Crippen MR) is 83.8 cm³/mol. The van der Waals surface area contributed by atoms with E-state index in [4.69, 9.17) is 0 Å². The second kappa shape index (κ2) is 5.69. The first-order valence-electron chi connectivity index (χ1n) is 6.56.